The minimum absolute atomic E-state index is 0.437. The summed E-state index contributed by atoms with van der Waals surface area (Å²) in [5, 5.41) is 12.1. The number of nitrogens with one attached hydrogen (secondary N) is 1. The molecule has 0 aromatic heterocycles. The van der Waals surface area contributed by atoms with Crippen molar-refractivity contribution in [3.8, 4) is 0 Å². The summed E-state index contributed by atoms with van der Waals surface area (Å²) in [6, 6.07) is 7.61. The van der Waals surface area contributed by atoms with Gasteiger partial charge in [0.15, 0.2) is 0 Å². The van der Waals surface area contributed by atoms with Gasteiger partial charge in [-0.2, -0.15) is 0 Å². The normalized spacial score (nSPS) is 12.3. The third kappa shape index (κ3) is 5.89. The van der Waals surface area contributed by atoms with Crippen LogP contribution in [0.1, 0.15) is 19.8 Å². The third-order valence-electron chi connectivity index (χ3n) is 2.43. The van der Waals surface area contributed by atoms with Crippen molar-refractivity contribution in [3.63, 3.8) is 0 Å². The average molecular weight is 332 g/mol. The van der Waals surface area contributed by atoms with Crippen LogP contribution in [0, 0.1) is 0 Å². The molecule has 1 aromatic carbocycles. The van der Waals surface area contributed by atoms with E-state index in [-0.39, 0.29) is 0 Å². The molecule has 0 bridgehead atoms. The lowest BCUT2D eigenvalue weighted by Crippen LogP contribution is -2.37. The first-order chi connectivity index (χ1) is 8.63. The fourth-order valence-corrected chi connectivity index (χ4v) is 2.64. The van der Waals surface area contributed by atoms with Gasteiger partial charge >= 0.3 is 5.97 Å². The Balaban J connectivity index is 2.34. The highest BCUT2D eigenvalue weighted by Crippen LogP contribution is 2.21. The van der Waals surface area contributed by atoms with Crippen LogP contribution in [0.5, 0.6) is 0 Å². The van der Waals surface area contributed by atoms with Crippen molar-refractivity contribution in [1.82, 2.24) is 5.32 Å². The molecule has 0 fully saturated rings. The van der Waals surface area contributed by atoms with Gasteiger partial charge in [0.25, 0.3) is 0 Å². The van der Waals surface area contributed by atoms with Gasteiger partial charge < -0.3 is 10.4 Å². The summed E-state index contributed by atoms with van der Waals surface area (Å²) in [7, 11) is 0. The van der Waals surface area contributed by atoms with Crippen LogP contribution >= 0.6 is 27.7 Å². The van der Waals surface area contributed by atoms with Gasteiger partial charge in [-0.1, -0.05) is 22.9 Å². The van der Waals surface area contributed by atoms with Gasteiger partial charge in [-0.25, -0.2) is 0 Å². The second-order valence-corrected chi connectivity index (χ2v) is 6.02. The Kier molecular flexibility index (Phi) is 7.39. The molecule has 0 amide bonds. The Morgan fingerprint density at radius 2 is 2.11 bits per heavy atom. The first kappa shape index (κ1) is 15.5. The number of aliphatic carboxylic acids is 1. The Hall–Kier alpha value is -0.520. The summed E-state index contributed by atoms with van der Waals surface area (Å²) in [5.74, 6) is 0.0369. The van der Waals surface area contributed by atoms with Crippen LogP contribution in [-0.4, -0.2) is 29.4 Å². The monoisotopic (exact) mass is 331 g/mol. The molecule has 3 nitrogen and oxygen atoms in total. The number of carboxylic acids is 1. The molecular weight excluding hydrogens is 314 g/mol. The van der Waals surface area contributed by atoms with E-state index >= 15 is 0 Å². The Morgan fingerprint density at radius 3 is 2.67 bits per heavy atom. The summed E-state index contributed by atoms with van der Waals surface area (Å²) in [6.45, 7) is 2.78. The van der Waals surface area contributed by atoms with Crippen molar-refractivity contribution < 1.29 is 9.90 Å². The highest BCUT2D eigenvalue weighted by Gasteiger charge is 2.15. The van der Waals surface area contributed by atoms with E-state index < -0.39 is 12.0 Å². The fourth-order valence-electron chi connectivity index (χ4n) is 1.46. The van der Waals surface area contributed by atoms with Crippen LogP contribution in [0.4, 0.5) is 0 Å². The Bertz CT molecular complexity index is 370. The maximum absolute atomic E-state index is 11.0. The standard InChI is InChI=1S/C13H18BrNO2S/c1-2-8-15-12(13(16)17)7-9-18-11-5-3-10(14)4-6-11/h3-6,12,15H,2,7-9H2,1H3,(H,16,17). The van der Waals surface area contributed by atoms with Crippen molar-refractivity contribution >= 4 is 33.7 Å². The lowest BCUT2D eigenvalue weighted by Gasteiger charge is -2.13. The zero-order valence-electron chi connectivity index (χ0n) is 10.4. The largest absolute Gasteiger partial charge is 0.480 e. The van der Waals surface area contributed by atoms with Crippen LogP contribution < -0.4 is 5.32 Å². The molecule has 0 aliphatic rings. The second-order valence-electron chi connectivity index (χ2n) is 3.94. The van der Waals surface area contributed by atoms with Gasteiger partial charge in [-0.15, -0.1) is 11.8 Å². The number of halogens is 1. The minimum atomic E-state index is -0.764. The first-order valence-corrected chi connectivity index (χ1v) is 7.76. The molecule has 0 spiro atoms. The second kappa shape index (κ2) is 8.56. The van der Waals surface area contributed by atoms with E-state index in [9.17, 15) is 4.79 Å². The quantitative estimate of drug-likeness (QED) is 0.717. The summed E-state index contributed by atoms with van der Waals surface area (Å²) >= 11 is 5.07. The number of rotatable bonds is 8. The lowest BCUT2D eigenvalue weighted by molar-refractivity contribution is -0.139. The topological polar surface area (TPSA) is 49.3 Å². The molecule has 1 unspecified atom stereocenters. The summed E-state index contributed by atoms with van der Waals surface area (Å²) < 4.78 is 1.06. The summed E-state index contributed by atoms with van der Waals surface area (Å²) in [6.07, 6.45) is 1.58. The molecule has 18 heavy (non-hydrogen) atoms. The van der Waals surface area contributed by atoms with Crippen LogP contribution in [0.25, 0.3) is 0 Å². The number of hydrogen-bond acceptors (Lipinski definition) is 3. The highest BCUT2D eigenvalue weighted by molar-refractivity contribution is 9.10. The smallest absolute Gasteiger partial charge is 0.320 e. The van der Waals surface area contributed by atoms with E-state index in [0.717, 1.165) is 28.1 Å². The van der Waals surface area contributed by atoms with Crippen molar-refractivity contribution in [2.45, 2.75) is 30.7 Å². The molecule has 100 valence electrons. The minimum Gasteiger partial charge on any atom is -0.480 e. The predicted molar refractivity (Wildman–Crippen MR) is 79.2 cm³/mol. The van der Waals surface area contributed by atoms with Gasteiger partial charge in [-0.05, 0) is 43.7 Å². The molecule has 0 aliphatic carbocycles. The molecule has 0 radical (unpaired) electrons. The molecule has 0 aliphatic heterocycles. The molecule has 5 heteroatoms. The van der Waals surface area contributed by atoms with Crippen LogP contribution in [0.15, 0.2) is 33.6 Å². The molecule has 2 N–H and O–H groups in total. The zero-order valence-corrected chi connectivity index (χ0v) is 12.8. The number of benzene rings is 1. The summed E-state index contributed by atoms with van der Waals surface area (Å²) in [4.78, 5) is 12.2. The van der Waals surface area contributed by atoms with E-state index in [4.69, 9.17) is 5.11 Å². The van der Waals surface area contributed by atoms with Crippen molar-refractivity contribution in [2.75, 3.05) is 12.3 Å². The van der Waals surface area contributed by atoms with Crippen LogP contribution in [0.3, 0.4) is 0 Å². The van der Waals surface area contributed by atoms with Gasteiger partial charge in [0.2, 0.25) is 0 Å². The van der Waals surface area contributed by atoms with E-state index in [1.54, 1.807) is 11.8 Å². The van der Waals surface area contributed by atoms with E-state index in [0.29, 0.717) is 6.42 Å². The zero-order chi connectivity index (χ0) is 13.4. The van der Waals surface area contributed by atoms with Gasteiger partial charge in [0.05, 0.1) is 0 Å². The molecule has 1 aromatic rings. The first-order valence-electron chi connectivity index (χ1n) is 5.98. The van der Waals surface area contributed by atoms with Crippen LogP contribution in [-0.2, 0) is 4.79 Å². The SMILES string of the molecule is CCCNC(CCSc1ccc(Br)cc1)C(=O)O. The molecule has 0 heterocycles. The van der Waals surface area contributed by atoms with Gasteiger partial charge in [0, 0.05) is 15.1 Å². The number of hydrogen-bond donors (Lipinski definition) is 2. The Morgan fingerprint density at radius 1 is 1.44 bits per heavy atom. The van der Waals surface area contributed by atoms with Crippen molar-refractivity contribution in [1.29, 1.82) is 0 Å². The molecule has 1 rings (SSSR count). The highest BCUT2D eigenvalue weighted by atomic mass is 79.9. The summed E-state index contributed by atoms with van der Waals surface area (Å²) in [5.41, 5.74) is 0. The maximum Gasteiger partial charge on any atom is 0.320 e. The third-order valence-corrected chi connectivity index (χ3v) is 4.00. The molecular formula is C13H18BrNO2S. The van der Waals surface area contributed by atoms with Crippen molar-refractivity contribution in [3.05, 3.63) is 28.7 Å². The Labute approximate surface area is 120 Å². The molecule has 0 saturated carbocycles. The average Bonchev–Trinajstić information content (AvgIpc) is 2.35. The van der Waals surface area contributed by atoms with E-state index in [1.807, 2.05) is 31.2 Å². The number of carboxylic acid groups (broad SMARTS) is 1. The fraction of sp³-hybridized carbons (Fsp3) is 0.462. The van der Waals surface area contributed by atoms with Gasteiger partial charge in [-0.3, -0.25) is 4.79 Å². The van der Waals surface area contributed by atoms with Gasteiger partial charge in [0.1, 0.15) is 6.04 Å². The lowest BCUT2D eigenvalue weighted by atomic mass is 10.2. The predicted octanol–water partition coefficient (Wildman–Crippen LogP) is 3.38. The van der Waals surface area contributed by atoms with Crippen molar-refractivity contribution in [2.24, 2.45) is 0 Å². The van der Waals surface area contributed by atoms with Crippen LogP contribution in [0.2, 0.25) is 0 Å². The van der Waals surface area contributed by atoms with E-state index in [2.05, 4.69) is 21.2 Å². The van der Waals surface area contributed by atoms with E-state index in [1.165, 1.54) is 0 Å². The molecule has 0 saturated heterocycles. The maximum atomic E-state index is 11.0. The molecule has 1 atom stereocenters. The number of carbonyl (C=O) groups is 1. The number of thioether (sulfide) groups is 1.